The Labute approximate surface area is 240 Å². The molecule has 220 valence electrons. The number of carbonyl (C=O) groups is 1. The van der Waals surface area contributed by atoms with Gasteiger partial charge in [-0.1, -0.05) is 66.7 Å². The number of aromatic nitrogens is 2. The number of rotatable bonds is 11. The summed E-state index contributed by atoms with van der Waals surface area (Å²) in [5, 5.41) is 4.20. The molecule has 5 rings (SSSR count). The summed E-state index contributed by atoms with van der Waals surface area (Å²) in [5.74, 6) is -0.388. The van der Waals surface area contributed by atoms with Crippen LogP contribution in [0.1, 0.15) is 24.3 Å². The Morgan fingerprint density at radius 3 is 2.64 bits per heavy atom. The lowest BCUT2D eigenvalue weighted by atomic mass is 10.1. The molecule has 1 saturated heterocycles. The van der Waals surface area contributed by atoms with E-state index in [2.05, 4.69) is 10.1 Å². The zero-order valence-electron chi connectivity index (χ0n) is 22.9. The summed E-state index contributed by atoms with van der Waals surface area (Å²) in [6, 6.07) is 20.7. The van der Waals surface area contributed by atoms with Crippen molar-refractivity contribution < 1.29 is 32.6 Å². The molecule has 1 aromatic heterocycles. The monoisotopic (exact) mass is 595 g/mol. The van der Waals surface area contributed by atoms with Gasteiger partial charge in [-0.3, -0.25) is 23.7 Å². The quantitative estimate of drug-likeness (QED) is 0.194. The van der Waals surface area contributed by atoms with Crippen LogP contribution in [0.25, 0.3) is 10.8 Å². The van der Waals surface area contributed by atoms with Gasteiger partial charge in [0.15, 0.2) is 12.5 Å². The Bertz CT molecular complexity index is 1720. The number of nitrogens with zero attached hydrogens (tertiary/aromatic N) is 1. The van der Waals surface area contributed by atoms with Crippen molar-refractivity contribution >= 4 is 24.5 Å². The van der Waals surface area contributed by atoms with Gasteiger partial charge in [-0.25, -0.2) is 9.36 Å². The van der Waals surface area contributed by atoms with Crippen LogP contribution in [0, 0.1) is 6.92 Å². The molecule has 0 radical (unpaired) electrons. The lowest BCUT2D eigenvalue weighted by molar-refractivity contribution is -0.146. The van der Waals surface area contributed by atoms with Crippen LogP contribution in [0.5, 0.6) is 5.75 Å². The van der Waals surface area contributed by atoms with E-state index < -0.39 is 43.5 Å². The average molecular weight is 596 g/mol. The summed E-state index contributed by atoms with van der Waals surface area (Å²) in [6.45, 7) is 2.69. The van der Waals surface area contributed by atoms with Crippen LogP contribution in [-0.4, -0.2) is 41.1 Å². The van der Waals surface area contributed by atoms with Gasteiger partial charge in [-0.05, 0) is 30.9 Å². The number of fused-ring (bicyclic) bond motifs is 1. The van der Waals surface area contributed by atoms with Gasteiger partial charge in [0.05, 0.1) is 6.61 Å². The Kier molecular flexibility index (Phi) is 9.00. The maximum Gasteiger partial charge on any atom is 0.459 e. The highest BCUT2D eigenvalue weighted by atomic mass is 31.2. The van der Waals surface area contributed by atoms with Crippen LogP contribution in [0.4, 0.5) is 0 Å². The normalized spacial score (nSPS) is 18.8. The van der Waals surface area contributed by atoms with Gasteiger partial charge in [-0.15, -0.1) is 0 Å². The van der Waals surface area contributed by atoms with Gasteiger partial charge >= 0.3 is 19.4 Å². The lowest BCUT2D eigenvalue weighted by Gasteiger charge is -2.24. The predicted octanol–water partition coefficient (Wildman–Crippen LogP) is 3.79. The highest BCUT2D eigenvalue weighted by molar-refractivity contribution is 7.52. The van der Waals surface area contributed by atoms with Crippen molar-refractivity contribution in [1.29, 1.82) is 0 Å². The number of esters is 1. The first-order valence-electron chi connectivity index (χ1n) is 13.2. The van der Waals surface area contributed by atoms with Gasteiger partial charge in [-0.2, -0.15) is 5.09 Å². The molecule has 1 unspecified atom stereocenters. The summed E-state index contributed by atoms with van der Waals surface area (Å²) < 4.78 is 43.7. The minimum atomic E-state index is -4.25. The van der Waals surface area contributed by atoms with Crippen molar-refractivity contribution in [2.24, 2.45) is 0 Å². The molecule has 1 aliphatic heterocycles. The maximum absolute atomic E-state index is 14.1. The molecule has 42 heavy (non-hydrogen) atoms. The molecule has 4 aromatic rings. The number of ether oxygens (including phenoxy) is 3. The minimum Gasteiger partial charge on any atom is -0.460 e. The minimum absolute atomic E-state index is 0.0243. The van der Waals surface area contributed by atoms with E-state index in [1.165, 1.54) is 17.7 Å². The highest BCUT2D eigenvalue weighted by Crippen LogP contribution is 2.47. The Morgan fingerprint density at radius 1 is 1.10 bits per heavy atom. The first-order valence-corrected chi connectivity index (χ1v) is 14.7. The number of nitrogens with one attached hydrogen (secondary N) is 2. The summed E-state index contributed by atoms with van der Waals surface area (Å²) in [7, 11) is -4.25. The van der Waals surface area contributed by atoms with E-state index in [-0.39, 0.29) is 25.6 Å². The van der Waals surface area contributed by atoms with Crippen molar-refractivity contribution in [2.45, 2.75) is 39.0 Å². The molecule has 0 saturated carbocycles. The van der Waals surface area contributed by atoms with Crippen molar-refractivity contribution in [3.05, 3.63) is 111 Å². The van der Waals surface area contributed by atoms with E-state index in [0.29, 0.717) is 10.9 Å². The fraction of sp³-hybridized carbons (Fsp3) is 0.276. The van der Waals surface area contributed by atoms with E-state index in [4.69, 9.17) is 23.3 Å². The van der Waals surface area contributed by atoms with Crippen molar-refractivity contribution in [3.8, 4) is 5.75 Å². The van der Waals surface area contributed by atoms with Crippen LogP contribution in [0.3, 0.4) is 0 Å². The molecule has 4 atom stereocenters. The number of hydrogen-bond acceptors (Lipinski definition) is 9. The number of aromatic amines is 1. The third kappa shape index (κ3) is 7.04. The largest absolute Gasteiger partial charge is 0.460 e. The molecule has 1 aliphatic rings. The molecule has 13 heteroatoms. The highest BCUT2D eigenvalue weighted by Gasteiger charge is 2.36. The fourth-order valence-electron chi connectivity index (χ4n) is 4.27. The third-order valence-electron chi connectivity index (χ3n) is 6.47. The number of H-pyrrole nitrogens is 1. The number of benzene rings is 3. The standard InChI is InChI=1S/C29H30N3O9P/c1-19-15-32(29(35)30-27(19)33)25-17-37-26(40-25)18-39-42(36,41-24-14-8-12-22-11-6-7-13-23(22)24)31-20(2)28(34)38-16-21-9-4-3-5-10-21/h3-15,20,25-26H,16-18H2,1-2H3,(H,31,36)(H,30,33,35)/t20-,25+,26+,42?/m0/s1. The molecule has 1 fully saturated rings. The Morgan fingerprint density at radius 2 is 1.83 bits per heavy atom. The molecule has 0 spiro atoms. The summed E-state index contributed by atoms with van der Waals surface area (Å²) in [4.78, 5) is 39.0. The van der Waals surface area contributed by atoms with Crippen molar-refractivity contribution in [1.82, 2.24) is 14.6 Å². The van der Waals surface area contributed by atoms with Gasteiger partial charge in [0, 0.05) is 17.1 Å². The van der Waals surface area contributed by atoms with Crippen LogP contribution in [0.15, 0.2) is 88.6 Å². The van der Waals surface area contributed by atoms with Crippen LogP contribution >= 0.6 is 7.75 Å². The molecule has 3 aromatic carbocycles. The molecule has 0 aliphatic carbocycles. The fourth-order valence-corrected chi connectivity index (χ4v) is 5.77. The first kappa shape index (κ1) is 29.4. The van der Waals surface area contributed by atoms with Crippen molar-refractivity contribution in [3.63, 3.8) is 0 Å². The van der Waals surface area contributed by atoms with E-state index >= 15 is 0 Å². The van der Waals surface area contributed by atoms with E-state index in [1.807, 2.05) is 60.7 Å². The van der Waals surface area contributed by atoms with Crippen molar-refractivity contribution in [2.75, 3.05) is 13.2 Å². The van der Waals surface area contributed by atoms with Crippen LogP contribution in [0.2, 0.25) is 0 Å². The SMILES string of the molecule is Cc1cn([C@H]2CO[C@@H](COP(=O)(N[C@@H](C)C(=O)OCc3ccccc3)Oc3cccc4ccccc34)O2)c(=O)[nH]c1=O. The summed E-state index contributed by atoms with van der Waals surface area (Å²) in [5.41, 5.74) is -0.0334. The predicted molar refractivity (Wildman–Crippen MR) is 153 cm³/mol. The second-order valence-corrected chi connectivity index (χ2v) is 11.3. The van der Waals surface area contributed by atoms with Gasteiger partial charge in [0.25, 0.3) is 5.56 Å². The third-order valence-corrected chi connectivity index (χ3v) is 8.10. The second-order valence-electron chi connectivity index (χ2n) is 9.64. The molecule has 0 amide bonds. The van der Waals surface area contributed by atoms with Crippen LogP contribution in [-0.2, 0) is 34.7 Å². The van der Waals surface area contributed by atoms with E-state index in [9.17, 15) is 18.9 Å². The maximum atomic E-state index is 14.1. The molecular weight excluding hydrogens is 565 g/mol. The molecule has 2 N–H and O–H groups in total. The van der Waals surface area contributed by atoms with E-state index in [0.717, 1.165) is 10.9 Å². The summed E-state index contributed by atoms with van der Waals surface area (Å²) in [6.07, 6.45) is -0.502. The van der Waals surface area contributed by atoms with Gasteiger partial charge in [0.2, 0.25) is 0 Å². The smallest absolute Gasteiger partial charge is 0.459 e. The topological polar surface area (TPSA) is 147 Å². The zero-order valence-corrected chi connectivity index (χ0v) is 23.8. The molecule has 12 nitrogen and oxygen atoms in total. The first-order chi connectivity index (χ1) is 20.2. The average Bonchev–Trinajstić information content (AvgIpc) is 3.46. The van der Waals surface area contributed by atoms with E-state index in [1.54, 1.807) is 19.1 Å². The van der Waals surface area contributed by atoms with Gasteiger partial charge < -0.3 is 18.7 Å². The molecular formula is C29H30N3O9P. The Hall–Kier alpha value is -4.06. The molecule has 0 bridgehead atoms. The van der Waals surface area contributed by atoms with Gasteiger partial charge in [0.1, 0.15) is 25.0 Å². The number of aryl methyl sites for hydroxylation is 1. The number of hydrogen-bond donors (Lipinski definition) is 2. The number of carbonyl (C=O) groups excluding carboxylic acids is 1. The Balaban J connectivity index is 1.30. The molecule has 2 heterocycles. The lowest BCUT2D eigenvalue weighted by Crippen LogP contribution is -2.36. The van der Waals surface area contributed by atoms with Crippen LogP contribution < -0.4 is 20.9 Å². The zero-order chi connectivity index (χ0) is 29.7. The summed E-state index contributed by atoms with van der Waals surface area (Å²) >= 11 is 0. The second kappa shape index (κ2) is 12.8.